The molecule has 0 aliphatic heterocycles. The predicted molar refractivity (Wildman–Crippen MR) is 234 cm³/mol. The van der Waals surface area contributed by atoms with Gasteiger partial charge in [0.1, 0.15) is 0 Å². The van der Waals surface area contributed by atoms with E-state index in [-0.39, 0.29) is 0 Å². The van der Waals surface area contributed by atoms with Crippen LogP contribution in [0.4, 0.5) is 0 Å². The molecule has 0 radical (unpaired) electrons. The van der Waals surface area contributed by atoms with Gasteiger partial charge in [-0.1, -0.05) is 127 Å². The second kappa shape index (κ2) is 11.0. The van der Waals surface area contributed by atoms with E-state index in [0.717, 1.165) is 33.2 Å². The number of hydrogen-bond donors (Lipinski definition) is 0. The largest absolute Gasteiger partial charge is 0.308 e. The van der Waals surface area contributed by atoms with Gasteiger partial charge in [0.05, 0.1) is 38.8 Å². The first-order chi connectivity index (χ1) is 27.8. The number of fused-ring (bicyclic) bond motifs is 13. The molecule has 0 atom stereocenters. The van der Waals surface area contributed by atoms with E-state index in [9.17, 15) is 0 Å². The van der Waals surface area contributed by atoms with Gasteiger partial charge in [-0.05, 0) is 87.3 Å². The molecule has 4 nitrogen and oxygen atoms in total. The van der Waals surface area contributed by atoms with Crippen molar-refractivity contribution in [1.29, 1.82) is 0 Å². The quantitative estimate of drug-likeness (QED) is 0.171. The van der Waals surface area contributed by atoms with Crippen molar-refractivity contribution in [2.45, 2.75) is 0 Å². The third-order valence-corrected chi connectivity index (χ3v) is 12.0. The first kappa shape index (κ1) is 29.8. The minimum absolute atomic E-state index is 0.662. The molecule has 4 heteroatoms. The molecular formula is C52H30N4. The number of nitrogens with zero attached hydrogens (tertiary/aromatic N) is 4. The highest BCUT2D eigenvalue weighted by molar-refractivity contribution is 6.24. The highest BCUT2D eigenvalue weighted by Gasteiger charge is 2.21. The van der Waals surface area contributed by atoms with Gasteiger partial charge in [-0.3, -0.25) is 4.57 Å². The van der Waals surface area contributed by atoms with Gasteiger partial charge in [0.25, 0.3) is 0 Å². The molecule has 0 amide bonds. The highest BCUT2D eigenvalue weighted by Crippen LogP contribution is 2.43. The Balaban J connectivity index is 1.04. The lowest BCUT2D eigenvalue weighted by atomic mass is 9.98. The van der Waals surface area contributed by atoms with Crippen LogP contribution in [0.2, 0.25) is 0 Å². The molecule has 4 aromatic heterocycles. The van der Waals surface area contributed by atoms with Gasteiger partial charge in [0.2, 0.25) is 5.95 Å². The SMILES string of the molecule is c1ccc2c(c1)ccc1ccc(-c3nc(-n4c5ccccc5c5cc(-c6cc7c8ccccc8n8c9ccccc9c(c6)c78)ccc54)nc4ccccc34)cc12. The molecule has 13 rings (SSSR count). The summed E-state index contributed by atoms with van der Waals surface area (Å²) >= 11 is 0. The summed E-state index contributed by atoms with van der Waals surface area (Å²) in [5.74, 6) is 0.662. The lowest BCUT2D eigenvalue weighted by molar-refractivity contribution is 1.01. The van der Waals surface area contributed by atoms with Crippen molar-refractivity contribution in [3.8, 4) is 28.3 Å². The van der Waals surface area contributed by atoms with Crippen LogP contribution in [0, 0.1) is 0 Å². The van der Waals surface area contributed by atoms with Crippen LogP contribution in [0.3, 0.4) is 0 Å². The number of hydrogen-bond acceptors (Lipinski definition) is 2. The minimum Gasteiger partial charge on any atom is -0.308 e. The molecule has 9 aromatic carbocycles. The molecule has 4 heterocycles. The average molecular weight is 711 g/mol. The average Bonchev–Trinajstić information content (AvgIpc) is 3.90. The minimum atomic E-state index is 0.662. The molecule has 0 saturated carbocycles. The van der Waals surface area contributed by atoms with E-state index in [1.54, 1.807) is 0 Å². The molecule has 0 aliphatic rings. The van der Waals surface area contributed by atoms with Crippen molar-refractivity contribution in [2.75, 3.05) is 0 Å². The second-order valence-electron chi connectivity index (χ2n) is 15.0. The highest BCUT2D eigenvalue weighted by atomic mass is 15.2. The Bertz CT molecular complexity index is 3690. The number of rotatable bonds is 3. The third-order valence-electron chi connectivity index (χ3n) is 12.0. The van der Waals surface area contributed by atoms with E-state index in [1.165, 1.54) is 81.5 Å². The van der Waals surface area contributed by atoms with Gasteiger partial charge < -0.3 is 4.40 Å². The molecule has 0 fully saturated rings. The Kier molecular flexibility index (Phi) is 5.86. The standard InChI is InChI=1S/C52H30N4/c1-2-12-36-31(11-1)21-22-32-23-24-34(28-41(32)36)50-40-16-3-7-17-45(40)53-52(54-50)56-48-20-10-4-13-37(48)42-27-33(25-26-49(42)56)35-29-43-38-14-5-8-18-46(38)55-47-19-9-6-15-39(47)44(30-35)51(43)55/h1-30H. The van der Waals surface area contributed by atoms with E-state index < -0.39 is 0 Å². The van der Waals surface area contributed by atoms with Crippen LogP contribution >= 0.6 is 0 Å². The van der Waals surface area contributed by atoms with Crippen molar-refractivity contribution in [2.24, 2.45) is 0 Å². The fourth-order valence-electron chi connectivity index (χ4n) is 9.52. The first-order valence-electron chi connectivity index (χ1n) is 19.2. The van der Waals surface area contributed by atoms with E-state index in [4.69, 9.17) is 9.97 Å². The zero-order chi connectivity index (χ0) is 36.5. The van der Waals surface area contributed by atoms with Crippen LogP contribution in [0.5, 0.6) is 0 Å². The maximum atomic E-state index is 5.44. The summed E-state index contributed by atoms with van der Waals surface area (Å²) in [6.07, 6.45) is 0. The van der Waals surface area contributed by atoms with Crippen molar-refractivity contribution in [3.05, 3.63) is 182 Å². The smallest absolute Gasteiger partial charge is 0.235 e. The Labute approximate surface area is 320 Å². The van der Waals surface area contributed by atoms with Crippen LogP contribution in [0.25, 0.3) is 121 Å². The molecule has 0 spiro atoms. The van der Waals surface area contributed by atoms with Gasteiger partial charge in [0.15, 0.2) is 0 Å². The van der Waals surface area contributed by atoms with Crippen molar-refractivity contribution >= 4 is 92.3 Å². The van der Waals surface area contributed by atoms with Crippen molar-refractivity contribution < 1.29 is 0 Å². The lowest BCUT2D eigenvalue weighted by Gasteiger charge is -2.13. The Morgan fingerprint density at radius 1 is 0.321 bits per heavy atom. The van der Waals surface area contributed by atoms with Crippen LogP contribution in [0.15, 0.2) is 182 Å². The van der Waals surface area contributed by atoms with Gasteiger partial charge in [-0.2, -0.15) is 0 Å². The molecule has 0 bridgehead atoms. The monoisotopic (exact) mass is 710 g/mol. The van der Waals surface area contributed by atoms with Gasteiger partial charge in [0, 0.05) is 43.3 Å². The molecule has 0 aliphatic carbocycles. The van der Waals surface area contributed by atoms with E-state index in [2.05, 4.69) is 191 Å². The fraction of sp³-hybridized carbons (Fsp3) is 0. The molecule has 0 saturated heterocycles. The molecular weight excluding hydrogens is 681 g/mol. The summed E-state index contributed by atoms with van der Waals surface area (Å²) in [6, 6.07) is 66.0. The summed E-state index contributed by atoms with van der Waals surface area (Å²) in [7, 11) is 0. The third kappa shape index (κ3) is 4.02. The summed E-state index contributed by atoms with van der Waals surface area (Å²) in [5.41, 5.74) is 11.2. The zero-order valence-electron chi connectivity index (χ0n) is 30.1. The Morgan fingerprint density at radius 2 is 0.839 bits per heavy atom. The summed E-state index contributed by atoms with van der Waals surface area (Å²) in [6.45, 7) is 0. The molecule has 0 N–H and O–H groups in total. The van der Waals surface area contributed by atoms with Crippen molar-refractivity contribution in [3.63, 3.8) is 0 Å². The van der Waals surface area contributed by atoms with E-state index in [1.807, 2.05) is 0 Å². The second-order valence-corrected chi connectivity index (χ2v) is 15.0. The Morgan fingerprint density at radius 3 is 1.59 bits per heavy atom. The number of aromatic nitrogens is 4. The van der Waals surface area contributed by atoms with Crippen LogP contribution in [-0.4, -0.2) is 18.9 Å². The van der Waals surface area contributed by atoms with Crippen LogP contribution < -0.4 is 0 Å². The fourth-order valence-corrected chi connectivity index (χ4v) is 9.52. The van der Waals surface area contributed by atoms with Gasteiger partial charge in [-0.15, -0.1) is 0 Å². The summed E-state index contributed by atoms with van der Waals surface area (Å²) < 4.78 is 4.68. The Hall–Kier alpha value is -7.56. The van der Waals surface area contributed by atoms with Crippen LogP contribution in [0.1, 0.15) is 0 Å². The predicted octanol–water partition coefficient (Wildman–Crippen LogP) is 13.5. The summed E-state index contributed by atoms with van der Waals surface area (Å²) in [4.78, 5) is 10.7. The van der Waals surface area contributed by atoms with E-state index in [0.29, 0.717) is 5.95 Å². The summed E-state index contributed by atoms with van der Waals surface area (Å²) in [5, 5.41) is 13.4. The zero-order valence-corrected chi connectivity index (χ0v) is 30.1. The molecule has 258 valence electrons. The first-order valence-corrected chi connectivity index (χ1v) is 19.2. The lowest BCUT2D eigenvalue weighted by Crippen LogP contribution is -2.03. The molecule has 13 aromatic rings. The van der Waals surface area contributed by atoms with Gasteiger partial charge in [-0.25, -0.2) is 9.97 Å². The number of benzene rings is 9. The normalized spacial score (nSPS) is 12.3. The molecule has 56 heavy (non-hydrogen) atoms. The maximum absolute atomic E-state index is 5.44. The number of para-hydroxylation sites is 4. The van der Waals surface area contributed by atoms with Crippen molar-refractivity contribution in [1.82, 2.24) is 18.9 Å². The maximum Gasteiger partial charge on any atom is 0.235 e. The topological polar surface area (TPSA) is 35.1 Å². The van der Waals surface area contributed by atoms with E-state index >= 15 is 0 Å². The molecule has 0 unspecified atom stereocenters. The van der Waals surface area contributed by atoms with Gasteiger partial charge >= 0.3 is 0 Å². The van der Waals surface area contributed by atoms with Crippen LogP contribution in [-0.2, 0) is 0 Å².